The van der Waals surface area contributed by atoms with Crippen molar-refractivity contribution >= 4 is 21.7 Å². The Kier molecular flexibility index (Phi) is 6.36. The number of nitrogens with zero attached hydrogens (tertiary/aromatic N) is 3. The molecule has 1 aliphatic heterocycles. The Morgan fingerprint density at radius 3 is 2.52 bits per heavy atom. The molecule has 1 aromatic heterocycles. The first-order chi connectivity index (χ1) is 13.8. The number of hydrogen-bond acceptors (Lipinski definition) is 6. The van der Waals surface area contributed by atoms with Crippen LogP contribution in [0.4, 0.5) is 0 Å². The summed E-state index contributed by atoms with van der Waals surface area (Å²) in [5.74, 6) is -0.905. The van der Waals surface area contributed by atoms with Crippen LogP contribution in [0.1, 0.15) is 35.8 Å². The van der Waals surface area contributed by atoms with Gasteiger partial charge in [0.2, 0.25) is 0 Å². The molecule has 0 saturated carbocycles. The van der Waals surface area contributed by atoms with Gasteiger partial charge in [0.05, 0.1) is 22.8 Å². The van der Waals surface area contributed by atoms with Crippen LogP contribution in [0, 0.1) is 6.92 Å². The second kappa shape index (κ2) is 8.77. The number of benzene rings is 1. The van der Waals surface area contributed by atoms with Crippen molar-refractivity contribution in [2.75, 3.05) is 24.7 Å². The lowest BCUT2D eigenvalue weighted by Crippen LogP contribution is -2.43. The number of rotatable bonds is 7. The maximum atomic E-state index is 12.6. The van der Waals surface area contributed by atoms with Crippen LogP contribution in [-0.2, 0) is 19.4 Å². The van der Waals surface area contributed by atoms with E-state index in [1.165, 1.54) is 4.90 Å². The summed E-state index contributed by atoms with van der Waals surface area (Å²) in [5.41, 5.74) is 2.12. The molecule has 1 atom stereocenters. The van der Waals surface area contributed by atoms with Gasteiger partial charge in [-0.1, -0.05) is 6.92 Å². The van der Waals surface area contributed by atoms with E-state index in [0.717, 1.165) is 11.4 Å². The van der Waals surface area contributed by atoms with Crippen LogP contribution in [0.15, 0.2) is 36.5 Å². The molecular formula is C20H25N3O5S. The van der Waals surface area contributed by atoms with E-state index in [9.17, 15) is 18.0 Å². The molecule has 1 aliphatic rings. The highest BCUT2D eigenvalue weighted by Gasteiger charge is 2.34. The van der Waals surface area contributed by atoms with Crippen molar-refractivity contribution in [1.29, 1.82) is 0 Å². The van der Waals surface area contributed by atoms with Crippen molar-refractivity contribution in [3.8, 4) is 5.69 Å². The van der Waals surface area contributed by atoms with E-state index in [-0.39, 0.29) is 23.5 Å². The summed E-state index contributed by atoms with van der Waals surface area (Å²) in [7, 11) is -3.10. The number of amides is 1. The molecule has 0 bridgehead atoms. The molecule has 29 heavy (non-hydrogen) atoms. The first-order valence-electron chi connectivity index (χ1n) is 9.59. The van der Waals surface area contributed by atoms with E-state index < -0.39 is 22.4 Å². The standard InChI is InChI=1S/C20H25N3O5S/c1-3-11-22(18-9-12-29(26,27)14-18)19(24)13-28-20(25)16-4-6-17(7-5-16)23-15(2)8-10-21-23/h4-8,10,18H,3,9,11-14H2,1-2H3/t18-/m0/s1. The molecule has 3 rings (SSSR count). The van der Waals surface area contributed by atoms with Gasteiger partial charge in [0.15, 0.2) is 16.4 Å². The highest BCUT2D eigenvalue weighted by atomic mass is 32.2. The van der Waals surface area contributed by atoms with Crippen molar-refractivity contribution in [3.63, 3.8) is 0 Å². The largest absolute Gasteiger partial charge is 0.452 e. The summed E-state index contributed by atoms with van der Waals surface area (Å²) >= 11 is 0. The highest BCUT2D eigenvalue weighted by molar-refractivity contribution is 7.91. The number of hydrogen-bond donors (Lipinski definition) is 0. The Labute approximate surface area is 170 Å². The fourth-order valence-electron chi connectivity index (χ4n) is 3.45. The number of aromatic nitrogens is 2. The lowest BCUT2D eigenvalue weighted by molar-refractivity contribution is -0.136. The number of esters is 1. The summed E-state index contributed by atoms with van der Waals surface area (Å²) < 4.78 is 30.4. The van der Waals surface area contributed by atoms with Gasteiger partial charge in [-0.3, -0.25) is 4.79 Å². The number of ether oxygens (including phenoxy) is 1. The molecule has 0 aliphatic carbocycles. The molecule has 2 heterocycles. The molecule has 156 valence electrons. The molecule has 8 nitrogen and oxygen atoms in total. The van der Waals surface area contributed by atoms with Gasteiger partial charge < -0.3 is 9.64 Å². The first kappa shape index (κ1) is 21.0. The van der Waals surface area contributed by atoms with Gasteiger partial charge >= 0.3 is 5.97 Å². The Balaban J connectivity index is 1.60. The average molecular weight is 420 g/mol. The van der Waals surface area contributed by atoms with Crippen LogP contribution in [0.25, 0.3) is 5.69 Å². The van der Waals surface area contributed by atoms with E-state index in [2.05, 4.69) is 5.10 Å². The van der Waals surface area contributed by atoms with Crippen LogP contribution in [-0.4, -0.2) is 65.7 Å². The van der Waals surface area contributed by atoms with Gasteiger partial charge in [-0.05, 0) is 50.1 Å². The van der Waals surface area contributed by atoms with Crippen molar-refractivity contribution in [1.82, 2.24) is 14.7 Å². The second-order valence-corrected chi connectivity index (χ2v) is 9.38. The summed E-state index contributed by atoms with van der Waals surface area (Å²) in [6, 6.07) is 8.29. The smallest absolute Gasteiger partial charge is 0.338 e. The fourth-order valence-corrected chi connectivity index (χ4v) is 5.18. The van der Waals surface area contributed by atoms with Gasteiger partial charge in [-0.25, -0.2) is 17.9 Å². The minimum Gasteiger partial charge on any atom is -0.452 e. The zero-order chi connectivity index (χ0) is 21.0. The highest BCUT2D eigenvalue weighted by Crippen LogP contribution is 2.19. The van der Waals surface area contributed by atoms with Gasteiger partial charge in [0, 0.05) is 24.5 Å². The molecular weight excluding hydrogens is 394 g/mol. The second-order valence-electron chi connectivity index (χ2n) is 7.15. The number of sulfone groups is 1. The van der Waals surface area contributed by atoms with E-state index >= 15 is 0 Å². The van der Waals surface area contributed by atoms with Crippen LogP contribution in [0.5, 0.6) is 0 Å². The molecule has 0 unspecified atom stereocenters. The lowest BCUT2D eigenvalue weighted by Gasteiger charge is -2.27. The maximum Gasteiger partial charge on any atom is 0.338 e. The Morgan fingerprint density at radius 2 is 1.97 bits per heavy atom. The zero-order valence-electron chi connectivity index (χ0n) is 16.6. The molecule has 1 amide bonds. The molecule has 0 N–H and O–H groups in total. The summed E-state index contributed by atoms with van der Waals surface area (Å²) in [6.07, 6.45) is 2.82. The SMILES string of the molecule is CCCN(C(=O)COC(=O)c1ccc(-n2nccc2C)cc1)[C@H]1CCS(=O)(=O)C1. The van der Waals surface area contributed by atoms with Gasteiger partial charge in [-0.15, -0.1) is 0 Å². The minimum atomic E-state index is -3.10. The molecule has 2 aromatic rings. The quantitative estimate of drug-likeness (QED) is 0.634. The summed E-state index contributed by atoms with van der Waals surface area (Å²) in [5, 5.41) is 4.21. The lowest BCUT2D eigenvalue weighted by atomic mass is 10.2. The van der Waals surface area contributed by atoms with E-state index in [1.807, 2.05) is 19.9 Å². The van der Waals surface area contributed by atoms with E-state index in [0.29, 0.717) is 24.9 Å². The third-order valence-corrected chi connectivity index (χ3v) is 6.69. The molecule has 9 heteroatoms. The topological polar surface area (TPSA) is 98.6 Å². The fraction of sp³-hybridized carbons (Fsp3) is 0.450. The van der Waals surface area contributed by atoms with Gasteiger partial charge in [0.25, 0.3) is 5.91 Å². The number of carbonyl (C=O) groups is 2. The molecule has 1 saturated heterocycles. The van der Waals surface area contributed by atoms with Crippen LogP contribution < -0.4 is 0 Å². The molecule has 1 fully saturated rings. The molecule has 0 radical (unpaired) electrons. The number of carbonyl (C=O) groups excluding carboxylic acids is 2. The van der Waals surface area contributed by atoms with Crippen molar-refractivity contribution in [2.24, 2.45) is 0 Å². The van der Waals surface area contributed by atoms with Gasteiger partial charge in [0.1, 0.15) is 0 Å². The Morgan fingerprint density at radius 1 is 1.24 bits per heavy atom. The predicted molar refractivity (Wildman–Crippen MR) is 108 cm³/mol. The molecule has 0 spiro atoms. The third kappa shape index (κ3) is 5.03. The zero-order valence-corrected chi connectivity index (χ0v) is 17.4. The van der Waals surface area contributed by atoms with E-state index in [4.69, 9.17) is 4.74 Å². The van der Waals surface area contributed by atoms with Crippen molar-refractivity contribution < 1.29 is 22.7 Å². The monoisotopic (exact) mass is 419 g/mol. The van der Waals surface area contributed by atoms with Crippen molar-refractivity contribution in [3.05, 3.63) is 47.8 Å². The van der Waals surface area contributed by atoms with Crippen molar-refractivity contribution in [2.45, 2.75) is 32.7 Å². The predicted octanol–water partition coefficient (Wildman–Crippen LogP) is 1.76. The summed E-state index contributed by atoms with van der Waals surface area (Å²) in [4.78, 5) is 26.4. The first-order valence-corrected chi connectivity index (χ1v) is 11.4. The summed E-state index contributed by atoms with van der Waals surface area (Å²) in [6.45, 7) is 3.88. The Bertz CT molecular complexity index is 982. The maximum absolute atomic E-state index is 12.6. The minimum absolute atomic E-state index is 0.0268. The van der Waals surface area contributed by atoms with E-state index in [1.54, 1.807) is 35.1 Å². The van der Waals surface area contributed by atoms with Crippen LogP contribution in [0.2, 0.25) is 0 Å². The Hall–Kier alpha value is -2.68. The average Bonchev–Trinajstić information content (AvgIpc) is 3.28. The normalized spacial score (nSPS) is 17.8. The van der Waals surface area contributed by atoms with Gasteiger partial charge in [-0.2, -0.15) is 5.10 Å². The van der Waals surface area contributed by atoms with Crippen LogP contribution in [0.3, 0.4) is 0 Å². The molecule has 1 aromatic carbocycles. The number of aryl methyl sites for hydroxylation is 1. The van der Waals surface area contributed by atoms with Crippen LogP contribution >= 0.6 is 0 Å². The third-order valence-electron chi connectivity index (χ3n) is 4.94.